The van der Waals surface area contributed by atoms with Gasteiger partial charge in [-0.15, -0.1) is 0 Å². The molecule has 2 unspecified atom stereocenters. The number of benzene rings is 1. The summed E-state index contributed by atoms with van der Waals surface area (Å²) in [5.74, 6) is 2.20. The summed E-state index contributed by atoms with van der Waals surface area (Å²) in [7, 11) is 3.28. The Hall–Kier alpha value is -1.75. The maximum atomic E-state index is 12.9. The van der Waals surface area contributed by atoms with Crippen molar-refractivity contribution in [1.29, 1.82) is 0 Å². The summed E-state index contributed by atoms with van der Waals surface area (Å²) in [5.41, 5.74) is 7.46. The summed E-state index contributed by atoms with van der Waals surface area (Å²) >= 11 is 0. The van der Waals surface area contributed by atoms with E-state index in [9.17, 15) is 4.79 Å². The first-order chi connectivity index (χ1) is 12.1. The number of hydrogen-bond donors (Lipinski definition) is 1. The van der Waals surface area contributed by atoms with Crippen molar-refractivity contribution >= 4 is 5.91 Å². The zero-order chi connectivity index (χ0) is 17.8. The van der Waals surface area contributed by atoms with E-state index in [1.807, 2.05) is 17.0 Å². The van der Waals surface area contributed by atoms with Gasteiger partial charge in [-0.3, -0.25) is 4.79 Å². The summed E-state index contributed by atoms with van der Waals surface area (Å²) < 4.78 is 10.8. The van der Waals surface area contributed by atoms with Gasteiger partial charge in [0.1, 0.15) is 0 Å². The average Bonchev–Trinajstić information content (AvgIpc) is 2.67. The molecule has 2 fully saturated rings. The Morgan fingerprint density at radius 2 is 1.80 bits per heavy atom. The standard InChI is InChI=1S/C20H30N2O3/c1-24-18-9-8-15(11-19(18)25-2)16-10-17(21)13-22(12-16)20(23)14-6-4-3-5-7-14/h8-9,11,14,16-17H,3-7,10,12-13,21H2,1-2H3. The smallest absolute Gasteiger partial charge is 0.225 e. The summed E-state index contributed by atoms with van der Waals surface area (Å²) in [5, 5.41) is 0. The number of likely N-dealkylation sites (tertiary alicyclic amines) is 1. The lowest BCUT2D eigenvalue weighted by atomic mass is 9.85. The van der Waals surface area contributed by atoms with Gasteiger partial charge in [0.15, 0.2) is 11.5 Å². The molecule has 1 amide bonds. The van der Waals surface area contributed by atoms with Gasteiger partial charge in [-0.25, -0.2) is 0 Å². The first-order valence-electron chi connectivity index (χ1n) is 9.38. The fourth-order valence-electron chi connectivity index (χ4n) is 4.27. The Balaban J connectivity index is 1.75. The van der Waals surface area contributed by atoms with E-state index < -0.39 is 0 Å². The minimum Gasteiger partial charge on any atom is -0.493 e. The predicted molar refractivity (Wildman–Crippen MR) is 98.0 cm³/mol. The Labute approximate surface area is 150 Å². The molecule has 1 saturated carbocycles. The van der Waals surface area contributed by atoms with E-state index in [0.717, 1.165) is 42.9 Å². The third-order valence-electron chi connectivity index (χ3n) is 5.63. The van der Waals surface area contributed by atoms with Gasteiger partial charge in [0.25, 0.3) is 0 Å². The SMILES string of the molecule is COc1ccc(C2CC(N)CN(C(=O)C3CCCCC3)C2)cc1OC. The summed E-state index contributed by atoms with van der Waals surface area (Å²) in [4.78, 5) is 14.9. The van der Waals surface area contributed by atoms with Crippen LogP contribution in [0.4, 0.5) is 0 Å². The number of hydrogen-bond acceptors (Lipinski definition) is 4. The van der Waals surface area contributed by atoms with Gasteiger partial charge in [0, 0.05) is 31.0 Å². The van der Waals surface area contributed by atoms with Crippen molar-refractivity contribution in [1.82, 2.24) is 4.90 Å². The first kappa shape index (κ1) is 18.1. The van der Waals surface area contributed by atoms with E-state index in [-0.39, 0.29) is 17.9 Å². The third kappa shape index (κ3) is 4.09. The molecule has 138 valence electrons. The van der Waals surface area contributed by atoms with Gasteiger partial charge in [-0.1, -0.05) is 25.3 Å². The Bertz CT molecular complexity index is 599. The van der Waals surface area contributed by atoms with E-state index in [1.54, 1.807) is 14.2 Å². The van der Waals surface area contributed by atoms with Crippen molar-refractivity contribution in [3.63, 3.8) is 0 Å². The molecule has 0 spiro atoms. The fourth-order valence-corrected chi connectivity index (χ4v) is 4.27. The molecule has 0 radical (unpaired) electrons. The molecule has 5 heteroatoms. The molecule has 2 N–H and O–H groups in total. The highest BCUT2D eigenvalue weighted by Gasteiger charge is 2.33. The Morgan fingerprint density at radius 3 is 2.48 bits per heavy atom. The van der Waals surface area contributed by atoms with Crippen LogP contribution < -0.4 is 15.2 Å². The second-order valence-electron chi connectivity index (χ2n) is 7.39. The molecule has 3 rings (SSSR count). The molecule has 2 atom stereocenters. The van der Waals surface area contributed by atoms with Crippen LogP contribution in [0, 0.1) is 5.92 Å². The molecular weight excluding hydrogens is 316 g/mol. The second-order valence-corrected chi connectivity index (χ2v) is 7.39. The van der Waals surface area contributed by atoms with Crippen LogP contribution in [-0.2, 0) is 4.79 Å². The van der Waals surface area contributed by atoms with E-state index in [2.05, 4.69) is 6.07 Å². The minimum absolute atomic E-state index is 0.0272. The number of carbonyl (C=O) groups excluding carboxylic acids is 1. The normalized spacial score (nSPS) is 24.8. The van der Waals surface area contributed by atoms with Crippen molar-refractivity contribution in [2.45, 2.75) is 50.5 Å². The summed E-state index contributed by atoms with van der Waals surface area (Å²) in [6, 6.07) is 6.04. The van der Waals surface area contributed by atoms with Gasteiger partial charge in [0.2, 0.25) is 5.91 Å². The number of carbonyl (C=O) groups is 1. The van der Waals surface area contributed by atoms with Crippen molar-refractivity contribution in [2.24, 2.45) is 11.7 Å². The van der Waals surface area contributed by atoms with Crippen LogP contribution >= 0.6 is 0 Å². The van der Waals surface area contributed by atoms with E-state index in [1.165, 1.54) is 19.3 Å². The van der Waals surface area contributed by atoms with Crippen molar-refractivity contribution in [3.05, 3.63) is 23.8 Å². The first-order valence-corrected chi connectivity index (χ1v) is 9.38. The highest BCUT2D eigenvalue weighted by atomic mass is 16.5. The second kappa shape index (κ2) is 8.09. The van der Waals surface area contributed by atoms with Crippen LogP contribution in [0.2, 0.25) is 0 Å². The molecule has 0 aromatic heterocycles. The van der Waals surface area contributed by atoms with Crippen molar-refractivity contribution < 1.29 is 14.3 Å². The van der Waals surface area contributed by atoms with E-state index in [4.69, 9.17) is 15.2 Å². The van der Waals surface area contributed by atoms with Crippen molar-refractivity contribution in [2.75, 3.05) is 27.3 Å². The van der Waals surface area contributed by atoms with Gasteiger partial charge < -0.3 is 20.1 Å². The predicted octanol–water partition coefficient (Wildman–Crippen LogP) is 2.93. The molecule has 1 aromatic rings. The quantitative estimate of drug-likeness (QED) is 0.910. The van der Waals surface area contributed by atoms with Crippen LogP contribution in [0.15, 0.2) is 18.2 Å². The molecule has 1 aromatic carbocycles. The zero-order valence-corrected chi connectivity index (χ0v) is 15.4. The zero-order valence-electron chi connectivity index (χ0n) is 15.4. The molecule has 2 aliphatic rings. The van der Waals surface area contributed by atoms with Crippen LogP contribution in [0.25, 0.3) is 0 Å². The molecular formula is C20H30N2O3. The Morgan fingerprint density at radius 1 is 1.08 bits per heavy atom. The summed E-state index contributed by atoms with van der Waals surface area (Å²) in [6.45, 7) is 1.43. The van der Waals surface area contributed by atoms with Gasteiger partial charge >= 0.3 is 0 Å². The molecule has 1 saturated heterocycles. The maximum absolute atomic E-state index is 12.9. The van der Waals surface area contributed by atoms with E-state index >= 15 is 0 Å². The van der Waals surface area contributed by atoms with Crippen LogP contribution in [-0.4, -0.2) is 44.2 Å². The highest BCUT2D eigenvalue weighted by molar-refractivity contribution is 5.79. The van der Waals surface area contributed by atoms with Gasteiger partial charge in [0.05, 0.1) is 14.2 Å². The van der Waals surface area contributed by atoms with Crippen LogP contribution in [0.1, 0.15) is 50.0 Å². The third-order valence-corrected chi connectivity index (χ3v) is 5.63. The number of nitrogens with two attached hydrogens (primary N) is 1. The highest BCUT2D eigenvalue weighted by Crippen LogP contribution is 2.35. The molecule has 5 nitrogen and oxygen atoms in total. The number of amides is 1. The molecule has 1 aliphatic carbocycles. The summed E-state index contributed by atoms with van der Waals surface area (Å²) in [6.07, 6.45) is 6.57. The lowest BCUT2D eigenvalue weighted by molar-refractivity contribution is -0.138. The lowest BCUT2D eigenvalue weighted by Crippen LogP contribution is -2.50. The van der Waals surface area contributed by atoms with Crippen LogP contribution in [0.3, 0.4) is 0 Å². The van der Waals surface area contributed by atoms with Gasteiger partial charge in [-0.05, 0) is 37.0 Å². The number of nitrogens with zero attached hydrogens (tertiary/aromatic N) is 1. The molecule has 25 heavy (non-hydrogen) atoms. The number of rotatable bonds is 4. The Kier molecular flexibility index (Phi) is 5.84. The monoisotopic (exact) mass is 346 g/mol. The largest absolute Gasteiger partial charge is 0.493 e. The van der Waals surface area contributed by atoms with E-state index in [0.29, 0.717) is 12.5 Å². The molecule has 1 heterocycles. The molecule has 0 bridgehead atoms. The average molecular weight is 346 g/mol. The lowest BCUT2D eigenvalue weighted by Gasteiger charge is -2.39. The minimum atomic E-state index is 0.0272. The van der Waals surface area contributed by atoms with Gasteiger partial charge in [-0.2, -0.15) is 0 Å². The topological polar surface area (TPSA) is 64.8 Å². The fraction of sp³-hybridized carbons (Fsp3) is 0.650. The van der Waals surface area contributed by atoms with Crippen LogP contribution in [0.5, 0.6) is 11.5 Å². The molecule has 1 aliphatic heterocycles. The number of piperidine rings is 1. The van der Waals surface area contributed by atoms with Crippen molar-refractivity contribution in [3.8, 4) is 11.5 Å². The number of methoxy groups -OCH3 is 2. The number of ether oxygens (including phenoxy) is 2. The maximum Gasteiger partial charge on any atom is 0.225 e.